The first-order valence-electron chi connectivity index (χ1n) is 6.90. The highest BCUT2D eigenvalue weighted by Gasteiger charge is 2.38. The molecule has 1 aromatic heterocycles. The summed E-state index contributed by atoms with van der Waals surface area (Å²) in [6, 6.07) is 0.630. The summed E-state index contributed by atoms with van der Waals surface area (Å²) in [5, 5.41) is 7.04. The van der Waals surface area contributed by atoms with Crippen LogP contribution in [0.5, 0.6) is 0 Å². The molecule has 0 saturated heterocycles. The molecule has 18 heavy (non-hydrogen) atoms. The molecule has 1 aromatic rings. The molecule has 102 valence electrons. The van der Waals surface area contributed by atoms with Crippen molar-refractivity contribution in [1.82, 2.24) is 10.3 Å². The summed E-state index contributed by atoms with van der Waals surface area (Å²) in [5.41, 5.74) is 2.10. The number of nitrogens with one attached hydrogen (secondary N) is 1. The van der Waals surface area contributed by atoms with Gasteiger partial charge in [-0.15, -0.1) is 11.3 Å². The van der Waals surface area contributed by atoms with Gasteiger partial charge in [0.25, 0.3) is 0 Å². The van der Waals surface area contributed by atoms with Crippen molar-refractivity contribution in [3.8, 4) is 0 Å². The molecule has 0 aromatic carbocycles. The molecule has 2 nitrogen and oxygen atoms in total. The van der Waals surface area contributed by atoms with E-state index in [1.54, 1.807) is 11.3 Å². The molecule has 0 radical (unpaired) electrons. The maximum absolute atomic E-state index is 4.52. The van der Waals surface area contributed by atoms with Crippen LogP contribution in [0.1, 0.15) is 57.7 Å². The zero-order valence-corrected chi connectivity index (χ0v) is 13.2. The molecule has 1 N–H and O–H groups in total. The molecule has 1 aliphatic carbocycles. The Balaban J connectivity index is 1.93. The predicted octanol–water partition coefficient (Wildman–Crippen LogP) is 4.15. The van der Waals surface area contributed by atoms with Crippen LogP contribution in [0.25, 0.3) is 0 Å². The zero-order chi connectivity index (χ0) is 13.4. The highest BCUT2D eigenvalue weighted by atomic mass is 32.1. The largest absolute Gasteiger partial charge is 0.308 e. The van der Waals surface area contributed by atoms with Gasteiger partial charge < -0.3 is 5.32 Å². The summed E-state index contributed by atoms with van der Waals surface area (Å²) in [6.07, 6.45) is 3.88. The maximum Gasteiger partial charge on any atom is 0.0897 e. The molecule has 0 atom stereocenters. The monoisotopic (exact) mass is 266 g/mol. The fraction of sp³-hybridized carbons (Fsp3) is 0.800. The first-order valence-corrected chi connectivity index (χ1v) is 7.78. The van der Waals surface area contributed by atoms with Crippen LogP contribution in [0.2, 0.25) is 0 Å². The number of hydrogen-bond donors (Lipinski definition) is 1. The van der Waals surface area contributed by atoms with Crippen LogP contribution in [-0.4, -0.2) is 11.0 Å². The Bertz CT molecular complexity index is 390. The second kappa shape index (κ2) is 4.93. The van der Waals surface area contributed by atoms with Crippen molar-refractivity contribution in [3.63, 3.8) is 0 Å². The topological polar surface area (TPSA) is 24.9 Å². The summed E-state index contributed by atoms with van der Waals surface area (Å²) in [6.45, 7) is 12.6. The smallest absolute Gasteiger partial charge is 0.0897 e. The van der Waals surface area contributed by atoms with Gasteiger partial charge in [0.1, 0.15) is 0 Å². The van der Waals surface area contributed by atoms with E-state index in [0.29, 0.717) is 16.9 Å². The summed E-state index contributed by atoms with van der Waals surface area (Å²) >= 11 is 1.74. The number of hydrogen-bond acceptors (Lipinski definition) is 3. The van der Waals surface area contributed by atoms with Gasteiger partial charge in [-0.3, -0.25) is 0 Å². The summed E-state index contributed by atoms with van der Waals surface area (Å²) in [5.74, 6) is 0. The van der Waals surface area contributed by atoms with Crippen LogP contribution in [0.15, 0.2) is 5.38 Å². The summed E-state index contributed by atoms with van der Waals surface area (Å²) in [4.78, 5) is 4.52. The first kappa shape index (κ1) is 14.0. The molecule has 0 amide bonds. The SMILES string of the molecule is Cc1nc(CNC2CC(C)(C)CC(C)(C)C2)cs1. The molecule has 0 spiro atoms. The van der Waals surface area contributed by atoms with Gasteiger partial charge in [-0.2, -0.15) is 0 Å². The van der Waals surface area contributed by atoms with Crippen molar-refractivity contribution in [2.24, 2.45) is 10.8 Å². The number of aryl methyl sites for hydroxylation is 1. The van der Waals surface area contributed by atoms with E-state index in [4.69, 9.17) is 0 Å². The molecule has 3 heteroatoms. The molecule has 0 unspecified atom stereocenters. The van der Waals surface area contributed by atoms with Crippen LogP contribution in [0.3, 0.4) is 0 Å². The Morgan fingerprint density at radius 1 is 1.28 bits per heavy atom. The van der Waals surface area contributed by atoms with Gasteiger partial charge >= 0.3 is 0 Å². The number of rotatable bonds is 3. The highest BCUT2D eigenvalue weighted by molar-refractivity contribution is 7.09. The minimum Gasteiger partial charge on any atom is -0.308 e. The average Bonchev–Trinajstić information content (AvgIpc) is 2.56. The lowest BCUT2D eigenvalue weighted by Gasteiger charge is -2.45. The van der Waals surface area contributed by atoms with E-state index in [-0.39, 0.29) is 0 Å². The van der Waals surface area contributed by atoms with E-state index in [0.717, 1.165) is 11.6 Å². The number of aromatic nitrogens is 1. The second-order valence-electron chi connectivity index (χ2n) is 7.35. The Hall–Kier alpha value is -0.410. The highest BCUT2D eigenvalue weighted by Crippen LogP contribution is 2.45. The predicted molar refractivity (Wildman–Crippen MR) is 78.9 cm³/mol. The lowest BCUT2D eigenvalue weighted by molar-refractivity contribution is 0.0843. The molecular weight excluding hydrogens is 240 g/mol. The standard InChI is InChI=1S/C15H26N2S/c1-11-17-13(9-18-11)8-16-12-6-14(2,3)10-15(4,5)7-12/h9,12,16H,6-8,10H2,1-5H3. The van der Waals surface area contributed by atoms with Crippen molar-refractivity contribution < 1.29 is 0 Å². The van der Waals surface area contributed by atoms with Gasteiger partial charge in [0.05, 0.1) is 10.7 Å². The van der Waals surface area contributed by atoms with Gasteiger partial charge in [0, 0.05) is 18.0 Å². The molecule has 1 fully saturated rings. The minimum atomic E-state index is 0.456. The van der Waals surface area contributed by atoms with Crippen molar-refractivity contribution >= 4 is 11.3 Å². The molecular formula is C15H26N2S. The molecule has 1 aliphatic rings. The summed E-state index contributed by atoms with van der Waals surface area (Å²) < 4.78 is 0. The third kappa shape index (κ3) is 3.79. The van der Waals surface area contributed by atoms with Crippen LogP contribution < -0.4 is 5.32 Å². The lowest BCUT2D eigenvalue weighted by atomic mass is 9.63. The van der Waals surface area contributed by atoms with Crippen LogP contribution in [0.4, 0.5) is 0 Å². The fourth-order valence-corrected chi connectivity index (χ4v) is 4.34. The second-order valence-corrected chi connectivity index (χ2v) is 8.41. The van der Waals surface area contributed by atoms with Crippen molar-refractivity contribution in [2.75, 3.05) is 0 Å². The quantitative estimate of drug-likeness (QED) is 0.889. The van der Waals surface area contributed by atoms with Crippen molar-refractivity contribution in [2.45, 2.75) is 66.5 Å². The van der Waals surface area contributed by atoms with Gasteiger partial charge in [0.15, 0.2) is 0 Å². The fourth-order valence-electron chi connectivity index (χ4n) is 3.73. The van der Waals surface area contributed by atoms with Crippen molar-refractivity contribution in [3.05, 3.63) is 16.1 Å². The average molecular weight is 266 g/mol. The van der Waals surface area contributed by atoms with Crippen LogP contribution >= 0.6 is 11.3 Å². The molecule has 1 heterocycles. The number of thiazole rings is 1. The minimum absolute atomic E-state index is 0.456. The summed E-state index contributed by atoms with van der Waals surface area (Å²) in [7, 11) is 0. The van der Waals surface area contributed by atoms with E-state index in [9.17, 15) is 0 Å². The first-order chi connectivity index (χ1) is 8.26. The maximum atomic E-state index is 4.52. The Kier molecular flexibility index (Phi) is 3.84. The zero-order valence-electron chi connectivity index (χ0n) is 12.3. The van der Waals surface area contributed by atoms with Gasteiger partial charge in [0.2, 0.25) is 0 Å². The number of nitrogens with zero attached hydrogens (tertiary/aromatic N) is 1. The molecule has 1 saturated carbocycles. The molecule has 2 rings (SSSR count). The van der Waals surface area contributed by atoms with E-state index in [1.807, 2.05) is 0 Å². The van der Waals surface area contributed by atoms with Crippen LogP contribution in [-0.2, 0) is 6.54 Å². The molecule has 0 aliphatic heterocycles. The lowest BCUT2D eigenvalue weighted by Crippen LogP contribution is -2.43. The molecule has 0 bridgehead atoms. The Morgan fingerprint density at radius 3 is 2.39 bits per heavy atom. The van der Waals surface area contributed by atoms with Gasteiger partial charge in [-0.1, -0.05) is 27.7 Å². The van der Waals surface area contributed by atoms with E-state index >= 15 is 0 Å². The Morgan fingerprint density at radius 2 is 1.89 bits per heavy atom. The van der Waals surface area contributed by atoms with E-state index < -0.39 is 0 Å². The third-order valence-corrected chi connectivity index (χ3v) is 4.62. The van der Waals surface area contributed by atoms with Crippen molar-refractivity contribution in [1.29, 1.82) is 0 Å². The third-order valence-electron chi connectivity index (χ3n) is 3.79. The Labute approximate surface area is 115 Å². The van der Waals surface area contributed by atoms with Crippen LogP contribution in [0, 0.1) is 17.8 Å². The van der Waals surface area contributed by atoms with Gasteiger partial charge in [-0.25, -0.2) is 4.98 Å². The van der Waals surface area contributed by atoms with E-state index in [2.05, 4.69) is 50.3 Å². The van der Waals surface area contributed by atoms with E-state index in [1.165, 1.54) is 25.0 Å². The normalized spacial score (nSPS) is 23.2. The van der Waals surface area contributed by atoms with Gasteiger partial charge in [-0.05, 0) is 37.0 Å².